The van der Waals surface area contributed by atoms with E-state index < -0.39 is 0 Å². The molecule has 0 spiro atoms. The third-order valence-electron chi connectivity index (χ3n) is 2.52. The average molecular weight is 188 g/mol. The Bertz CT molecular complexity index is 351. The second-order valence-corrected chi connectivity index (χ2v) is 3.45. The van der Waals surface area contributed by atoms with Crippen LogP contribution in [-0.2, 0) is 4.74 Å². The summed E-state index contributed by atoms with van der Waals surface area (Å²) in [6.07, 6.45) is 2.03. The van der Waals surface area contributed by atoms with Gasteiger partial charge in [0.1, 0.15) is 11.8 Å². The highest BCUT2D eigenvalue weighted by molar-refractivity contribution is 5.23. The predicted octanol–water partition coefficient (Wildman–Crippen LogP) is 1.85. The summed E-state index contributed by atoms with van der Waals surface area (Å²) in [7, 11) is 0. The Morgan fingerprint density at radius 3 is 2.86 bits per heavy atom. The van der Waals surface area contributed by atoms with Crippen LogP contribution in [-0.4, -0.2) is 18.2 Å². The zero-order valence-electron chi connectivity index (χ0n) is 7.94. The third kappa shape index (κ3) is 1.91. The molecule has 0 aromatic carbocycles. The number of aromatic nitrogens is 1. The number of ether oxygens (including phenoxy) is 1. The molecule has 14 heavy (non-hydrogen) atoms. The van der Waals surface area contributed by atoms with Gasteiger partial charge in [-0.3, -0.25) is 0 Å². The molecule has 1 aromatic rings. The predicted molar refractivity (Wildman–Crippen MR) is 51.7 cm³/mol. The molecule has 1 fully saturated rings. The van der Waals surface area contributed by atoms with Gasteiger partial charge in [0.25, 0.3) is 0 Å². The van der Waals surface area contributed by atoms with Gasteiger partial charge in [-0.2, -0.15) is 5.26 Å². The average Bonchev–Trinajstić information content (AvgIpc) is 2.30. The van der Waals surface area contributed by atoms with Crippen LogP contribution in [0.1, 0.15) is 30.1 Å². The number of rotatable bonds is 1. The molecule has 2 rings (SSSR count). The van der Waals surface area contributed by atoms with Crippen molar-refractivity contribution in [2.45, 2.75) is 18.8 Å². The fourth-order valence-corrected chi connectivity index (χ4v) is 1.73. The zero-order chi connectivity index (χ0) is 9.80. The second-order valence-electron chi connectivity index (χ2n) is 3.45. The largest absolute Gasteiger partial charge is 0.381 e. The standard InChI is InChI=1S/C11H12N2O/c12-8-10-2-1-3-11(13-10)9-4-6-14-7-5-9/h1-3,9H,4-7H2. The monoisotopic (exact) mass is 188 g/mol. The van der Waals surface area contributed by atoms with E-state index in [4.69, 9.17) is 10.00 Å². The first kappa shape index (κ1) is 9.17. The highest BCUT2D eigenvalue weighted by Gasteiger charge is 2.16. The van der Waals surface area contributed by atoms with E-state index in [1.165, 1.54) is 0 Å². The van der Waals surface area contributed by atoms with Gasteiger partial charge >= 0.3 is 0 Å². The number of hydrogen-bond donors (Lipinski definition) is 0. The molecular weight excluding hydrogens is 176 g/mol. The van der Waals surface area contributed by atoms with Crippen molar-refractivity contribution in [1.29, 1.82) is 5.26 Å². The van der Waals surface area contributed by atoms with E-state index in [2.05, 4.69) is 11.1 Å². The molecule has 0 amide bonds. The zero-order valence-corrected chi connectivity index (χ0v) is 7.94. The first-order valence-electron chi connectivity index (χ1n) is 4.85. The van der Waals surface area contributed by atoms with Gasteiger partial charge in [-0.05, 0) is 25.0 Å². The lowest BCUT2D eigenvalue weighted by Crippen LogP contribution is -2.15. The molecular formula is C11H12N2O. The molecule has 0 bridgehead atoms. The van der Waals surface area contributed by atoms with Gasteiger partial charge in [-0.25, -0.2) is 4.98 Å². The lowest BCUT2D eigenvalue weighted by molar-refractivity contribution is 0.0845. The molecule has 3 nitrogen and oxygen atoms in total. The molecule has 0 radical (unpaired) electrons. The van der Waals surface area contributed by atoms with Crippen LogP contribution in [0.2, 0.25) is 0 Å². The molecule has 1 aliphatic heterocycles. The molecule has 1 aromatic heterocycles. The molecule has 2 heterocycles. The molecule has 0 aliphatic carbocycles. The Hall–Kier alpha value is -1.40. The lowest BCUT2D eigenvalue weighted by Gasteiger charge is -2.21. The van der Waals surface area contributed by atoms with Crippen molar-refractivity contribution < 1.29 is 4.74 Å². The Labute approximate surface area is 83.3 Å². The van der Waals surface area contributed by atoms with Crippen molar-refractivity contribution in [2.75, 3.05) is 13.2 Å². The molecule has 72 valence electrons. The fourth-order valence-electron chi connectivity index (χ4n) is 1.73. The minimum Gasteiger partial charge on any atom is -0.381 e. The molecule has 0 saturated carbocycles. The summed E-state index contributed by atoms with van der Waals surface area (Å²) >= 11 is 0. The third-order valence-corrected chi connectivity index (χ3v) is 2.52. The molecule has 0 atom stereocenters. The quantitative estimate of drug-likeness (QED) is 0.675. The SMILES string of the molecule is N#Cc1cccc(C2CCOCC2)n1. The first-order valence-corrected chi connectivity index (χ1v) is 4.85. The van der Waals surface area contributed by atoms with Crippen LogP contribution in [0.25, 0.3) is 0 Å². The number of hydrogen-bond acceptors (Lipinski definition) is 3. The number of nitrogens with zero attached hydrogens (tertiary/aromatic N) is 2. The maximum absolute atomic E-state index is 8.72. The van der Waals surface area contributed by atoms with Crippen LogP contribution in [0.5, 0.6) is 0 Å². The second kappa shape index (κ2) is 4.21. The van der Waals surface area contributed by atoms with Crippen LogP contribution >= 0.6 is 0 Å². The fraction of sp³-hybridized carbons (Fsp3) is 0.455. The highest BCUT2D eigenvalue weighted by atomic mass is 16.5. The molecule has 3 heteroatoms. The van der Waals surface area contributed by atoms with E-state index >= 15 is 0 Å². The molecule has 0 unspecified atom stereocenters. The van der Waals surface area contributed by atoms with Crippen molar-refractivity contribution in [3.8, 4) is 6.07 Å². The number of nitriles is 1. The van der Waals surface area contributed by atoms with Gasteiger partial charge in [0.15, 0.2) is 0 Å². The molecule has 0 N–H and O–H groups in total. The summed E-state index contributed by atoms with van der Waals surface area (Å²) in [5, 5.41) is 8.72. The Balaban J connectivity index is 2.18. The van der Waals surface area contributed by atoms with Gasteiger partial charge in [0.05, 0.1) is 0 Å². The maximum atomic E-state index is 8.72. The maximum Gasteiger partial charge on any atom is 0.140 e. The van der Waals surface area contributed by atoms with Crippen molar-refractivity contribution >= 4 is 0 Å². The first-order chi connectivity index (χ1) is 6.90. The van der Waals surface area contributed by atoms with Crippen molar-refractivity contribution in [3.05, 3.63) is 29.6 Å². The highest BCUT2D eigenvalue weighted by Crippen LogP contribution is 2.25. The van der Waals surface area contributed by atoms with Crippen molar-refractivity contribution in [3.63, 3.8) is 0 Å². The lowest BCUT2D eigenvalue weighted by atomic mass is 9.96. The van der Waals surface area contributed by atoms with E-state index in [1.54, 1.807) is 6.07 Å². The van der Waals surface area contributed by atoms with E-state index in [0.717, 1.165) is 31.7 Å². The molecule has 1 saturated heterocycles. The van der Waals surface area contributed by atoms with Gasteiger partial charge in [-0.1, -0.05) is 6.07 Å². The van der Waals surface area contributed by atoms with Crippen LogP contribution in [0.15, 0.2) is 18.2 Å². The van der Waals surface area contributed by atoms with E-state index in [9.17, 15) is 0 Å². The summed E-state index contributed by atoms with van der Waals surface area (Å²) < 4.78 is 5.28. The van der Waals surface area contributed by atoms with Crippen LogP contribution in [0.3, 0.4) is 0 Å². The molecule has 1 aliphatic rings. The van der Waals surface area contributed by atoms with E-state index in [1.807, 2.05) is 12.1 Å². The summed E-state index contributed by atoms with van der Waals surface area (Å²) in [5.74, 6) is 0.469. The van der Waals surface area contributed by atoms with Gasteiger partial charge < -0.3 is 4.74 Å². The summed E-state index contributed by atoms with van der Waals surface area (Å²) in [6, 6.07) is 7.70. The Morgan fingerprint density at radius 1 is 1.36 bits per heavy atom. The van der Waals surface area contributed by atoms with Crippen molar-refractivity contribution in [1.82, 2.24) is 4.98 Å². The smallest absolute Gasteiger partial charge is 0.140 e. The van der Waals surface area contributed by atoms with Crippen LogP contribution < -0.4 is 0 Å². The number of pyridine rings is 1. The van der Waals surface area contributed by atoms with E-state index in [0.29, 0.717) is 11.6 Å². The summed E-state index contributed by atoms with van der Waals surface area (Å²) in [5.41, 5.74) is 1.54. The Kier molecular flexibility index (Phi) is 2.76. The normalized spacial score (nSPS) is 17.6. The summed E-state index contributed by atoms with van der Waals surface area (Å²) in [4.78, 5) is 4.30. The minimum atomic E-state index is 0.469. The van der Waals surface area contributed by atoms with Gasteiger partial charge in [0.2, 0.25) is 0 Å². The topological polar surface area (TPSA) is 45.9 Å². The van der Waals surface area contributed by atoms with Gasteiger partial charge in [0, 0.05) is 24.8 Å². The van der Waals surface area contributed by atoms with Crippen LogP contribution in [0, 0.1) is 11.3 Å². The van der Waals surface area contributed by atoms with Crippen LogP contribution in [0.4, 0.5) is 0 Å². The summed E-state index contributed by atoms with van der Waals surface area (Å²) in [6.45, 7) is 1.62. The van der Waals surface area contributed by atoms with Crippen molar-refractivity contribution in [2.24, 2.45) is 0 Å². The van der Waals surface area contributed by atoms with E-state index in [-0.39, 0.29) is 0 Å². The van der Waals surface area contributed by atoms with Gasteiger partial charge in [-0.15, -0.1) is 0 Å². The minimum absolute atomic E-state index is 0.469. The Morgan fingerprint density at radius 2 is 2.14 bits per heavy atom.